The quantitative estimate of drug-likeness (QED) is 0.0853. The van der Waals surface area contributed by atoms with Crippen molar-refractivity contribution in [2.24, 2.45) is 11.8 Å². The summed E-state index contributed by atoms with van der Waals surface area (Å²) < 4.78 is 22.8. The molecule has 322 valence electrons. The molecule has 3 fully saturated rings. The number of cyclic esters (lactones) is 1. The number of rotatable bonds is 8. The van der Waals surface area contributed by atoms with Crippen LogP contribution in [0.2, 0.25) is 0 Å². The summed E-state index contributed by atoms with van der Waals surface area (Å²) in [5.74, 6) is -1.05. The van der Waals surface area contributed by atoms with E-state index in [1.54, 1.807) is 43.6 Å². The third kappa shape index (κ3) is 15.2. The van der Waals surface area contributed by atoms with Gasteiger partial charge < -0.3 is 44.3 Å². The fourth-order valence-corrected chi connectivity index (χ4v) is 7.89. The third-order valence-electron chi connectivity index (χ3n) is 11.4. The van der Waals surface area contributed by atoms with Crippen molar-refractivity contribution in [2.45, 2.75) is 154 Å². The Balaban J connectivity index is 1.33. The van der Waals surface area contributed by atoms with Gasteiger partial charge in [-0.25, -0.2) is 14.4 Å². The number of aliphatic hydroxyl groups excluding tert-OH is 1. The van der Waals surface area contributed by atoms with Crippen LogP contribution in [-0.2, 0) is 23.7 Å². The fraction of sp³-hybridized carbons (Fsp3) is 0.767. The number of carbonyl (C=O) groups excluding carboxylic acids is 4. The SMILES string of the molecule is C/C(=C\C=C\[C@@H](C)COC(=O)N1CC[C@@H](NC(=O)OC(C)(C)C)C1)[C@H]1OC(=O)C[C@H](O)CC[C@@](C)(O)[C@@H](OC(=O)N2CCN(C3CCCCCC3)CC2)/C=C\[C@@H]1C. The Bertz CT molecular complexity index is 1420. The Hall–Kier alpha value is -3.62. The molecule has 0 spiro atoms. The molecule has 0 aromatic heterocycles. The highest BCUT2D eigenvalue weighted by molar-refractivity contribution is 5.71. The summed E-state index contributed by atoms with van der Waals surface area (Å²) in [6.45, 7) is 16.3. The van der Waals surface area contributed by atoms with Gasteiger partial charge in [0, 0.05) is 57.1 Å². The minimum atomic E-state index is -1.49. The van der Waals surface area contributed by atoms with Crippen LogP contribution < -0.4 is 5.32 Å². The Kier molecular flexibility index (Phi) is 17.3. The molecule has 0 aromatic rings. The number of ether oxygens (including phenoxy) is 4. The van der Waals surface area contributed by atoms with E-state index < -0.39 is 53.8 Å². The second kappa shape index (κ2) is 21.4. The van der Waals surface area contributed by atoms with Crippen LogP contribution >= 0.6 is 0 Å². The Morgan fingerprint density at radius 2 is 1.68 bits per heavy atom. The van der Waals surface area contributed by atoms with Crippen molar-refractivity contribution in [1.82, 2.24) is 20.0 Å². The minimum absolute atomic E-state index is 0.109. The first-order valence-corrected chi connectivity index (χ1v) is 21.1. The number of hydrogen-bond donors (Lipinski definition) is 3. The molecule has 14 nitrogen and oxygen atoms in total. The summed E-state index contributed by atoms with van der Waals surface area (Å²) in [6.07, 6.45) is 13.0. The maximum Gasteiger partial charge on any atom is 0.410 e. The number of hydrogen-bond acceptors (Lipinski definition) is 11. The number of allylic oxidation sites excluding steroid dienone is 2. The van der Waals surface area contributed by atoms with Crippen LogP contribution in [0, 0.1) is 11.8 Å². The average molecular weight is 803 g/mol. The number of esters is 1. The van der Waals surface area contributed by atoms with E-state index in [0.29, 0.717) is 38.6 Å². The fourth-order valence-electron chi connectivity index (χ4n) is 7.89. The van der Waals surface area contributed by atoms with Gasteiger partial charge in [0.05, 0.1) is 25.2 Å². The van der Waals surface area contributed by atoms with E-state index in [9.17, 15) is 29.4 Å². The highest BCUT2D eigenvalue weighted by Gasteiger charge is 2.37. The summed E-state index contributed by atoms with van der Waals surface area (Å²) >= 11 is 0. The van der Waals surface area contributed by atoms with Crippen molar-refractivity contribution in [3.63, 3.8) is 0 Å². The van der Waals surface area contributed by atoms with Gasteiger partial charge in [0.15, 0.2) is 6.10 Å². The van der Waals surface area contributed by atoms with Crippen molar-refractivity contribution in [3.05, 3.63) is 36.0 Å². The standard InChI is InChI=1S/C43H70N4O10/c1-30(29-54-40(51)47-22-20-33(28-47)44-39(50)57-42(4,5)6)13-12-14-31(2)38-32(3)17-18-36(43(7,53)21-19-35(48)27-37(49)56-38)55-41(52)46-25-23-45(24-26-46)34-15-10-8-9-11-16-34/h12-14,17-18,30,32-36,38,48,53H,8-11,15-16,19-29H2,1-7H3,(H,44,50)/b13-12+,18-17-,31-14+/t30-,32+,33-,35-,36+,38-,43-/m1/s1. The van der Waals surface area contributed by atoms with E-state index in [1.165, 1.54) is 38.5 Å². The van der Waals surface area contributed by atoms with Gasteiger partial charge in [-0.3, -0.25) is 9.69 Å². The molecule has 0 unspecified atom stereocenters. The molecule has 0 radical (unpaired) electrons. The zero-order valence-corrected chi connectivity index (χ0v) is 35.5. The van der Waals surface area contributed by atoms with E-state index in [4.69, 9.17) is 18.9 Å². The second-order valence-electron chi connectivity index (χ2n) is 17.8. The lowest BCUT2D eigenvalue weighted by molar-refractivity contribution is -0.151. The Labute approximate surface area is 339 Å². The second-order valence-corrected chi connectivity index (χ2v) is 17.8. The molecule has 57 heavy (non-hydrogen) atoms. The van der Waals surface area contributed by atoms with E-state index in [1.807, 2.05) is 45.1 Å². The third-order valence-corrected chi connectivity index (χ3v) is 11.4. The maximum absolute atomic E-state index is 13.5. The molecule has 3 amide bonds. The number of piperazine rings is 1. The highest BCUT2D eigenvalue weighted by atomic mass is 16.6. The maximum atomic E-state index is 13.5. The monoisotopic (exact) mass is 803 g/mol. The first-order chi connectivity index (χ1) is 26.9. The highest BCUT2D eigenvalue weighted by Crippen LogP contribution is 2.28. The van der Waals surface area contributed by atoms with Gasteiger partial charge >= 0.3 is 24.2 Å². The van der Waals surface area contributed by atoms with Crippen molar-refractivity contribution in [2.75, 3.05) is 45.9 Å². The molecule has 3 N–H and O–H groups in total. The first-order valence-electron chi connectivity index (χ1n) is 21.1. The lowest BCUT2D eigenvalue weighted by Gasteiger charge is -2.40. The summed E-state index contributed by atoms with van der Waals surface area (Å²) in [6, 6.07) is 0.364. The molecule has 1 saturated carbocycles. The van der Waals surface area contributed by atoms with Gasteiger partial charge in [0.2, 0.25) is 0 Å². The molecule has 4 aliphatic rings. The van der Waals surface area contributed by atoms with Crippen LogP contribution in [0.3, 0.4) is 0 Å². The first kappa shape index (κ1) is 46.1. The summed E-state index contributed by atoms with van der Waals surface area (Å²) in [7, 11) is 0. The van der Waals surface area contributed by atoms with Gasteiger partial charge in [0.25, 0.3) is 0 Å². The van der Waals surface area contributed by atoms with Crippen LogP contribution in [-0.4, -0.2) is 137 Å². The van der Waals surface area contributed by atoms with Crippen LogP contribution in [0.15, 0.2) is 36.0 Å². The summed E-state index contributed by atoms with van der Waals surface area (Å²) in [5.41, 5.74) is -1.36. The van der Waals surface area contributed by atoms with Crippen LogP contribution in [0.5, 0.6) is 0 Å². The average Bonchev–Trinajstić information content (AvgIpc) is 3.43. The number of nitrogens with zero attached hydrogens (tertiary/aromatic N) is 3. The van der Waals surface area contributed by atoms with Crippen LogP contribution in [0.4, 0.5) is 14.4 Å². The molecule has 0 aromatic carbocycles. The van der Waals surface area contributed by atoms with Crippen molar-refractivity contribution >= 4 is 24.2 Å². The van der Waals surface area contributed by atoms with Crippen LogP contribution in [0.1, 0.15) is 113 Å². The summed E-state index contributed by atoms with van der Waals surface area (Å²) in [5, 5.41) is 25.1. The molecular formula is C43H70N4O10. The molecule has 1 aliphatic carbocycles. The molecule has 4 rings (SSSR count). The molecule has 3 heterocycles. The predicted octanol–water partition coefficient (Wildman–Crippen LogP) is 6.11. The van der Waals surface area contributed by atoms with E-state index in [2.05, 4.69) is 10.2 Å². The lowest BCUT2D eigenvalue weighted by Crippen LogP contribution is -2.53. The minimum Gasteiger partial charge on any atom is -0.457 e. The number of carbonyl (C=O) groups is 4. The molecule has 0 bridgehead atoms. The smallest absolute Gasteiger partial charge is 0.410 e. The van der Waals surface area contributed by atoms with Gasteiger partial charge in [0.1, 0.15) is 17.3 Å². The van der Waals surface area contributed by atoms with Gasteiger partial charge in [-0.2, -0.15) is 0 Å². The predicted molar refractivity (Wildman–Crippen MR) is 216 cm³/mol. The Morgan fingerprint density at radius 1 is 1.00 bits per heavy atom. The number of alkyl carbamates (subject to hydrolysis) is 1. The Morgan fingerprint density at radius 3 is 2.35 bits per heavy atom. The number of aliphatic hydroxyl groups is 2. The number of nitrogens with one attached hydrogen (secondary N) is 1. The molecule has 2 saturated heterocycles. The zero-order valence-electron chi connectivity index (χ0n) is 35.5. The van der Waals surface area contributed by atoms with Crippen molar-refractivity contribution < 1.29 is 48.3 Å². The summed E-state index contributed by atoms with van der Waals surface area (Å²) in [4.78, 5) is 57.1. The molecule has 7 atom stereocenters. The van der Waals surface area contributed by atoms with E-state index in [-0.39, 0.29) is 43.7 Å². The molecule has 3 aliphatic heterocycles. The molecular weight excluding hydrogens is 732 g/mol. The molecule has 14 heteroatoms. The topological polar surface area (TPSA) is 167 Å². The van der Waals surface area contributed by atoms with E-state index >= 15 is 0 Å². The zero-order chi connectivity index (χ0) is 41.8. The number of likely N-dealkylation sites (tertiary alicyclic amines) is 1. The van der Waals surface area contributed by atoms with Gasteiger partial charge in [-0.1, -0.05) is 63.8 Å². The normalized spacial score (nSPS) is 30.4. The van der Waals surface area contributed by atoms with Crippen LogP contribution in [0.25, 0.3) is 0 Å². The van der Waals surface area contributed by atoms with E-state index in [0.717, 1.165) is 18.7 Å². The van der Waals surface area contributed by atoms with Crippen molar-refractivity contribution in [3.8, 4) is 0 Å². The lowest BCUT2D eigenvalue weighted by atomic mass is 9.89. The number of amides is 3. The van der Waals surface area contributed by atoms with Gasteiger partial charge in [-0.15, -0.1) is 0 Å². The van der Waals surface area contributed by atoms with Crippen molar-refractivity contribution in [1.29, 1.82) is 0 Å². The van der Waals surface area contributed by atoms with Gasteiger partial charge in [-0.05, 0) is 78.4 Å². The largest absolute Gasteiger partial charge is 0.457 e.